The molecule has 1 aromatic rings. The molecule has 0 saturated carbocycles. The van der Waals surface area contributed by atoms with E-state index in [0.29, 0.717) is 5.02 Å². The van der Waals surface area contributed by atoms with Crippen molar-refractivity contribution in [2.45, 2.75) is 39.2 Å². The van der Waals surface area contributed by atoms with Gasteiger partial charge in [0, 0.05) is 22.7 Å². The van der Waals surface area contributed by atoms with E-state index in [1.165, 1.54) is 0 Å². The van der Waals surface area contributed by atoms with Crippen molar-refractivity contribution in [2.24, 2.45) is 11.7 Å². The highest BCUT2D eigenvalue weighted by Crippen LogP contribution is 2.17. The van der Waals surface area contributed by atoms with Crippen LogP contribution >= 0.6 is 11.6 Å². The number of benzene rings is 1. The Kier molecular flexibility index (Phi) is 6.16. The molecule has 0 radical (unpaired) electrons. The Morgan fingerprint density at radius 1 is 1.39 bits per heavy atom. The highest BCUT2D eigenvalue weighted by atomic mass is 35.5. The van der Waals surface area contributed by atoms with Crippen LogP contribution < -0.4 is 11.1 Å². The van der Waals surface area contributed by atoms with E-state index in [1.54, 1.807) is 12.1 Å². The zero-order valence-electron chi connectivity index (χ0n) is 10.9. The van der Waals surface area contributed by atoms with Crippen LogP contribution in [0.15, 0.2) is 24.3 Å². The predicted octanol–water partition coefficient (Wildman–Crippen LogP) is 3.43. The first-order valence-corrected chi connectivity index (χ1v) is 6.69. The van der Waals surface area contributed by atoms with Crippen molar-refractivity contribution >= 4 is 23.2 Å². The van der Waals surface area contributed by atoms with Crippen LogP contribution in [0, 0.1) is 5.92 Å². The molecule has 0 aliphatic rings. The molecule has 0 aliphatic carbocycles. The van der Waals surface area contributed by atoms with Crippen molar-refractivity contribution in [1.82, 2.24) is 0 Å². The highest BCUT2D eigenvalue weighted by Gasteiger charge is 2.13. The molecule has 4 heteroatoms. The standard InChI is InChI=1S/C14H21ClN2O/c1-10(5-3-6-11(2)16)14(18)17-13-8-4-7-12(15)9-13/h4,7-11H,3,5-6,16H2,1-2H3,(H,17,18). The van der Waals surface area contributed by atoms with Gasteiger partial charge in [-0.2, -0.15) is 0 Å². The average Bonchev–Trinajstić information content (AvgIpc) is 2.28. The second-order valence-corrected chi connectivity index (χ2v) is 5.25. The molecule has 1 aromatic carbocycles. The van der Waals surface area contributed by atoms with Crippen molar-refractivity contribution < 1.29 is 4.79 Å². The highest BCUT2D eigenvalue weighted by molar-refractivity contribution is 6.30. The van der Waals surface area contributed by atoms with Crippen molar-refractivity contribution in [3.8, 4) is 0 Å². The summed E-state index contributed by atoms with van der Waals surface area (Å²) in [6, 6.07) is 7.38. The Balaban J connectivity index is 2.40. The summed E-state index contributed by atoms with van der Waals surface area (Å²) in [6.45, 7) is 3.91. The molecule has 2 unspecified atom stereocenters. The molecule has 1 rings (SSSR count). The fourth-order valence-electron chi connectivity index (χ4n) is 1.71. The van der Waals surface area contributed by atoms with Gasteiger partial charge < -0.3 is 11.1 Å². The van der Waals surface area contributed by atoms with Gasteiger partial charge in [-0.25, -0.2) is 0 Å². The van der Waals surface area contributed by atoms with Crippen molar-refractivity contribution in [3.05, 3.63) is 29.3 Å². The number of hydrogen-bond acceptors (Lipinski definition) is 2. The lowest BCUT2D eigenvalue weighted by Gasteiger charge is -2.13. The number of hydrogen-bond donors (Lipinski definition) is 2. The van der Waals surface area contributed by atoms with Gasteiger partial charge in [0.2, 0.25) is 5.91 Å². The number of rotatable bonds is 6. The normalized spacial score (nSPS) is 14.0. The van der Waals surface area contributed by atoms with Crippen molar-refractivity contribution in [3.63, 3.8) is 0 Å². The molecule has 1 amide bonds. The van der Waals surface area contributed by atoms with E-state index in [9.17, 15) is 4.79 Å². The van der Waals surface area contributed by atoms with Crippen LogP contribution in [0.25, 0.3) is 0 Å². The minimum atomic E-state index is -0.0114. The maximum atomic E-state index is 11.9. The van der Waals surface area contributed by atoms with Gasteiger partial charge in [-0.1, -0.05) is 31.0 Å². The Bertz CT molecular complexity index is 393. The first-order chi connectivity index (χ1) is 8.49. The van der Waals surface area contributed by atoms with Gasteiger partial charge >= 0.3 is 0 Å². The fraction of sp³-hybridized carbons (Fsp3) is 0.500. The topological polar surface area (TPSA) is 55.1 Å². The molecule has 0 bridgehead atoms. The largest absolute Gasteiger partial charge is 0.328 e. The second-order valence-electron chi connectivity index (χ2n) is 4.81. The van der Waals surface area contributed by atoms with Crippen LogP contribution in [-0.2, 0) is 4.79 Å². The first kappa shape index (κ1) is 15.0. The maximum Gasteiger partial charge on any atom is 0.227 e. The van der Waals surface area contributed by atoms with Gasteiger partial charge in [0.15, 0.2) is 0 Å². The van der Waals surface area contributed by atoms with Gasteiger partial charge in [-0.15, -0.1) is 0 Å². The number of halogens is 1. The Morgan fingerprint density at radius 3 is 2.72 bits per heavy atom. The molecular formula is C14H21ClN2O. The van der Waals surface area contributed by atoms with E-state index in [-0.39, 0.29) is 17.9 Å². The van der Waals surface area contributed by atoms with E-state index in [1.807, 2.05) is 26.0 Å². The van der Waals surface area contributed by atoms with Crippen molar-refractivity contribution in [2.75, 3.05) is 5.32 Å². The van der Waals surface area contributed by atoms with Gasteiger partial charge in [0.1, 0.15) is 0 Å². The summed E-state index contributed by atoms with van der Waals surface area (Å²) in [5.74, 6) is 0.0182. The third-order valence-corrected chi connectivity index (χ3v) is 3.07. The van der Waals surface area contributed by atoms with Crippen LogP contribution in [0.5, 0.6) is 0 Å². The summed E-state index contributed by atoms with van der Waals surface area (Å²) < 4.78 is 0. The van der Waals surface area contributed by atoms with Crippen LogP contribution in [-0.4, -0.2) is 11.9 Å². The molecule has 3 nitrogen and oxygen atoms in total. The zero-order valence-corrected chi connectivity index (χ0v) is 11.7. The summed E-state index contributed by atoms with van der Waals surface area (Å²) in [4.78, 5) is 11.9. The third-order valence-electron chi connectivity index (χ3n) is 2.84. The predicted molar refractivity (Wildman–Crippen MR) is 76.7 cm³/mol. The molecule has 0 spiro atoms. The SMILES string of the molecule is CC(N)CCCC(C)C(=O)Nc1cccc(Cl)c1. The first-order valence-electron chi connectivity index (χ1n) is 6.31. The van der Waals surface area contributed by atoms with E-state index in [2.05, 4.69) is 5.32 Å². The molecule has 3 N–H and O–H groups in total. The zero-order chi connectivity index (χ0) is 13.5. The molecule has 0 saturated heterocycles. The van der Waals surface area contributed by atoms with E-state index >= 15 is 0 Å². The molecule has 18 heavy (non-hydrogen) atoms. The van der Waals surface area contributed by atoms with Crippen LogP contribution in [0.1, 0.15) is 33.1 Å². The van der Waals surface area contributed by atoms with Gasteiger partial charge in [0.25, 0.3) is 0 Å². The molecule has 0 aromatic heterocycles. The third kappa shape index (κ3) is 5.52. The summed E-state index contributed by atoms with van der Waals surface area (Å²) >= 11 is 5.86. The van der Waals surface area contributed by atoms with E-state index in [4.69, 9.17) is 17.3 Å². The van der Waals surface area contributed by atoms with Gasteiger partial charge in [-0.05, 0) is 38.0 Å². The molecule has 100 valence electrons. The number of nitrogens with one attached hydrogen (secondary N) is 1. The summed E-state index contributed by atoms with van der Waals surface area (Å²) in [5.41, 5.74) is 6.42. The van der Waals surface area contributed by atoms with Gasteiger partial charge in [0.05, 0.1) is 0 Å². The minimum absolute atomic E-state index is 0.0114. The number of amides is 1. The van der Waals surface area contributed by atoms with Crippen molar-refractivity contribution in [1.29, 1.82) is 0 Å². The average molecular weight is 269 g/mol. The molecule has 0 fully saturated rings. The van der Waals surface area contributed by atoms with E-state index < -0.39 is 0 Å². The number of carbonyl (C=O) groups excluding carboxylic acids is 1. The molecule has 0 aliphatic heterocycles. The lowest BCUT2D eigenvalue weighted by molar-refractivity contribution is -0.119. The Morgan fingerprint density at radius 2 is 2.11 bits per heavy atom. The maximum absolute atomic E-state index is 11.9. The number of nitrogens with two attached hydrogens (primary N) is 1. The smallest absolute Gasteiger partial charge is 0.227 e. The molecular weight excluding hydrogens is 248 g/mol. The quantitative estimate of drug-likeness (QED) is 0.830. The monoisotopic (exact) mass is 268 g/mol. The lowest BCUT2D eigenvalue weighted by atomic mass is 10.0. The van der Waals surface area contributed by atoms with Gasteiger partial charge in [-0.3, -0.25) is 4.79 Å². The number of anilines is 1. The van der Waals surface area contributed by atoms with Crippen LogP contribution in [0.4, 0.5) is 5.69 Å². The summed E-state index contributed by atoms with van der Waals surface area (Å²) in [6.07, 6.45) is 2.78. The molecule has 0 heterocycles. The Labute approximate surface area is 114 Å². The lowest BCUT2D eigenvalue weighted by Crippen LogP contribution is -2.21. The van der Waals surface area contributed by atoms with Crippen LogP contribution in [0.2, 0.25) is 5.02 Å². The minimum Gasteiger partial charge on any atom is -0.328 e. The second kappa shape index (κ2) is 7.39. The summed E-state index contributed by atoms with van der Waals surface area (Å²) in [5, 5.41) is 3.49. The Hall–Kier alpha value is -1.06. The van der Waals surface area contributed by atoms with E-state index in [0.717, 1.165) is 24.9 Å². The fourth-order valence-corrected chi connectivity index (χ4v) is 1.90. The molecule has 2 atom stereocenters. The summed E-state index contributed by atoms with van der Waals surface area (Å²) in [7, 11) is 0. The van der Waals surface area contributed by atoms with Crippen LogP contribution in [0.3, 0.4) is 0 Å². The number of carbonyl (C=O) groups is 1.